The highest BCUT2D eigenvalue weighted by atomic mass is 35.5. The Morgan fingerprint density at radius 1 is 0.764 bits per heavy atom. The molecule has 2 fully saturated rings. The van der Waals surface area contributed by atoms with Crippen LogP contribution in [0.15, 0.2) is 66.9 Å². The van der Waals surface area contributed by atoms with Crippen LogP contribution < -0.4 is 5.32 Å². The van der Waals surface area contributed by atoms with Gasteiger partial charge in [-0.3, -0.25) is 9.59 Å². The van der Waals surface area contributed by atoms with Crippen LogP contribution in [0.5, 0.6) is 0 Å². The van der Waals surface area contributed by atoms with Gasteiger partial charge >= 0.3 is 6.09 Å². The van der Waals surface area contributed by atoms with Crippen LogP contribution in [0.2, 0.25) is 5.15 Å². The molecule has 11 nitrogen and oxygen atoms in total. The van der Waals surface area contributed by atoms with E-state index in [4.69, 9.17) is 26.3 Å². The number of fused-ring (bicyclic) bond motifs is 1. The molecule has 4 atom stereocenters. The zero-order valence-electron chi connectivity index (χ0n) is 32.4. The number of ether oxygens (including phenoxy) is 1. The van der Waals surface area contributed by atoms with Gasteiger partial charge < -0.3 is 29.8 Å². The Balaban J connectivity index is 1.05. The number of alkyl carbamates (subject to hydrolysis) is 1. The number of carbonyl (C=O) groups excluding carboxylic acids is 3. The number of rotatable bonds is 10. The molecule has 7 rings (SSSR count). The number of imidazole rings is 2. The Bertz CT molecular complexity index is 2190. The molecule has 0 bridgehead atoms. The molecule has 12 heteroatoms. The van der Waals surface area contributed by atoms with Crippen molar-refractivity contribution >= 4 is 40.3 Å². The maximum Gasteiger partial charge on any atom is 0.407 e. The van der Waals surface area contributed by atoms with E-state index >= 15 is 0 Å². The number of nitrogens with zero attached hydrogens (tertiary/aromatic N) is 4. The van der Waals surface area contributed by atoms with Crippen molar-refractivity contribution in [2.45, 2.75) is 78.4 Å². The van der Waals surface area contributed by atoms with Crippen molar-refractivity contribution in [3.63, 3.8) is 0 Å². The van der Waals surface area contributed by atoms with Crippen LogP contribution in [0.4, 0.5) is 4.79 Å². The number of aromatic nitrogens is 4. The molecule has 55 heavy (non-hydrogen) atoms. The van der Waals surface area contributed by atoms with Crippen LogP contribution >= 0.6 is 11.6 Å². The summed E-state index contributed by atoms with van der Waals surface area (Å²) in [6.45, 7) is 11.3. The largest absolute Gasteiger partial charge is 0.453 e. The molecule has 288 valence electrons. The summed E-state index contributed by atoms with van der Waals surface area (Å²) in [5.74, 6) is 1.68. The smallest absolute Gasteiger partial charge is 0.407 e. The maximum atomic E-state index is 13.6. The molecule has 0 unspecified atom stereocenters. The molecular weight excluding hydrogens is 714 g/mol. The lowest BCUT2D eigenvalue weighted by molar-refractivity contribution is -0.137. The van der Waals surface area contributed by atoms with Gasteiger partial charge in [-0.05, 0) is 71.6 Å². The predicted molar refractivity (Wildman–Crippen MR) is 215 cm³/mol. The van der Waals surface area contributed by atoms with Crippen LogP contribution in [-0.4, -0.2) is 73.9 Å². The minimum Gasteiger partial charge on any atom is -0.453 e. The summed E-state index contributed by atoms with van der Waals surface area (Å²) in [7, 11) is 1.29. The number of aromatic amines is 2. The molecule has 5 aromatic rings. The summed E-state index contributed by atoms with van der Waals surface area (Å²) in [6, 6.07) is 20.0. The van der Waals surface area contributed by atoms with E-state index in [1.807, 2.05) is 44.0 Å². The van der Waals surface area contributed by atoms with Gasteiger partial charge in [0, 0.05) is 30.1 Å². The van der Waals surface area contributed by atoms with Gasteiger partial charge in [0.05, 0.1) is 31.1 Å². The number of hydrogen-bond acceptors (Lipinski definition) is 6. The van der Waals surface area contributed by atoms with Crippen molar-refractivity contribution in [3.8, 4) is 33.6 Å². The van der Waals surface area contributed by atoms with Crippen molar-refractivity contribution in [2.75, 3.05) is 20.2 Å². The zero-order valence-corrected chi connectivity index (χ0v) is 33.1. The Labute approximate surface area is 327 Å². The van der Waals surface area contributed by atoms with E-state index in [0.717, 1.165) is 76.8 Å². The fraction of sp³-hybridized carbons (Fsp3) is 0.419. The molecule has 2 aliphatic heterocycles. The van der Waals surface area contributed by atoms with Crippen LogP contribution in [0.1, 0.15) is 84.0 Å². The highest BCUT2D eigenvalue weighted by molar-refractivity contribution is 6.32. The predicted octanol–water partition coefficient (Wildman–Crippen LogP) is 8.94. The van der Waals surface area contributed by atoms with Crippen molar-refractivity contribution in [2.24, 2.45) is 17.8 Å². The average molecular weight is 764 g/mol. The van der Waals surface area contributed by atoms with E-state index in [1.165, 1.54) is 7.11 Å². The quantitative estimate of drug-likeness (QED) is 0.130. The topological polar surface area (TPSA) is 136 Å². The van der Waals surface area contributed by atoms with Gasteiger partial charge in [-0.25, -0.2) is 14.8 Å². The van der Waals surface area contributed by atoms with Gasteiger partial charge in [-0.1, -0.05) is 94.8 Å². The normalized spacial score (nSPS) is 18.3. The first kappa shape index (κ1) is 38.1. The lowest BCUT2D eigenvalue weighted by atomic mass is 9.96. The maximum absolute atomic E-state index is 13.6. The van der Waals surface area contributed by atoms with Gasteiger partial charge in [-0.15, -0.1) is 0 Å². The van der Waals surface area contributed by atoms with Crippen LogP contribution in [0, 0.1) is 17.8 Å². The third-order valence-electron chi connectivity index (χ3n) is 11.4. The van der Waals surface area contributed by atoms with E-state index in [-0.39, 0.29) is 35.7 Å². The number of H-pyrrole nitrogens is 2. The van der Waals surface area contributed by atoms with E-state index in [9.17, 15) is 14.4 Å². The molecule has 3 N–H and O–H groups in total. The molecule has 4 heterocycles. The number of carbonyl (C=O) groups is 3. The summed E-state index contributed by atoms with van der Waals surface area (Å²) < 4.78 is 4.76. The van der Waals surface area contributed by atoms with Crippen molar-refractivity contribution in [3.05, 3.63) is 83.7 Å². The SMILES string of the molecule is COC(=O)N[C@H](C(=O)N1CCC[C@H]1c1nc(-c2ccc(-c3ccc4cc(-c5cnc([C@@H]6CCCN6C(=O)[C@@H](C)C(C)C)[nH]5)ccc4c3)cc2)c(Cl)[nH]1)C(C)C. The molecule has 2 aromatic heterocycles. The fourth-order valence-electron chi connectivity index (χ4n) is 7.84. The molecule has 3 amide bonds. The van der Waals surface area contributed by atoms with Crippen LogP contribution in [0.25, 0.3) is 44.4 Å². The van der Waals surface area contributed by atoms with Gasteiger partial charge in [-0.2, -0.15) is 0 Å². The highest BCUT2D eigenvalue weighted by Crippen LogP contribution is 2.37. The standard InChI is InChI=1S/C43H50ClN7O4/c1-24(2)26(5)41(52)50-19-7-9-34(50)39-45-23-33(46-39)32-18-17-30-21-29(15-16-31(30)22-32)27-11-13-28(14-12-27)37-38(44)49-40(47-37)35-10-8-20-51(35)42(53)36(25(3)4)48-43(54)55-6/h11-18,21-26,34-36H,7-10,19-20H2,1-6H3,(H,45,46)(H,47,49)(H,48,54)/t26-,34-,35-,36-/m0/s1. The molecule has 0 aliphatic carbocycles. The number of benzene rings is 3. The van der Waals surface area contributed by atoms with Crippen LogP contribution in [0.3, 0.4) is 0 Å². The van der Waals surface area contributed by atoms with Gasteiger partial charge in [0.1, 0.15) is 28.5 Å². The second kappa shape index (κ2) is 15.9. The van der Waals surface area contributed by atoms with E-state index in [2.05, 4.69) is 77.7 Å². The summed E-state index contributed by atoms with van der Waals surface area (Å²) in [4.78, 5) is 58.9. The van der Waals surface area contributed by atoms with E-state index in [1.54, 1.807) is 4.90 Å². The molecule has 0 saturated carbocycles. The van der Waals surface area contributed by atoms with Gasteiger partial charge in [0.15, 0.2) is 0 Å². The lowest BCUT2D eigenvalue weighted by Gasteiger charge is -2.29. The monoisotopic (exact) mass is 763 g/mol. The number of halogens is 1. The Morgan fingerprint density at radius 3 is 1.98 bits per heavy atom. The third-order valence-corrected chi connectivity index (χ3v) is 11.7. The number of hydrogen-bond donors (Lipinski definition) is 3. The van der Waals surface area contributed by atoms with Gasteiger partial charge in [0.25, 0.3) is 0 Å². The second-order valence-corrected chi connectivity index (χ2v) is 16.0. The summed E-state index contributed by atoms with van der Waals surface area (Å²) in [6.07, 6.45) is 4.70. The summed E-state index contributed by atoms with van der Waals surface area (Å²) >= 11 is 6.72. The van der Waals surface area contributed by atoms with E-state index in [0.29, 0.717) is 29.1 Å². The van der Waals surface area contributed by atoms with Crippen LogP contribution in [-0.2, 0) is 14.3 Å². The number of nitrogens with one attached hydrogen (secondary N) is 3. The van der Waals surface area contributed by atoms with E-state index < -0.39 is 12.1 Å². The first-order valence-corrected chi connectivity index (χ1v) is 19.7. The molecule has 2 saturated heterocycles. The number of likely N-dealkylation sites (tertiary alicyclic amines) is 2. The summed E-state index contributed by atoms with van der Waals surface area (Å²) in [5.41, 5.74) is 5.63. The van der Waals surface area contributed by atoms with Crippen molar-refractivity contribution < 1.29 is 19.1 Å². The Kier molecular flexibility index (Phi) is 11.0. The van der Waals surface area contributed by atoms with Crippen molar-refractivity contribution in [1.29, 1.82) is 0 Å². The zero-order chi connectivity index (χ0) is 39.0. The average Bonchev–Trinajstić information content (AvgIpc) is 4.02. The Hall–Kier alpha value is -5.16. The molecule has 3 aromatic carbocycles. The third kappa shape index (κ3) is 7.72. The van der Waals surface area contributed by atoms with Gasteiger partial charge in [0.2, 0.25) is 11.8 Å². The molecule has 0 spiro atoms. The molecular formula is C43H50ClN7O4. The molecule has 2 aliphatic rings. The Morgan fingerprint density at radius 2 is 1.35 bits per heavy atom. The summed E-state index contributed by atoms with van der Waals surface area (Å²) in [5, 5.41) is 5.35. The first-order chi connectivity index (χ1) is 26.4. The minimum absolute atomic E-state index is 0.0159. The van der Waals surface area contributed by atoms with Crippen molar-refractivity contribution in [1.82, 2.24) is 35.1 Å². The lowest BCUT2D eigenvalue weighted by Crippen LogP contribution is -2.51. The number of amides is 3. The number of methoxy groups -OCH3 is 1. The minimum atomic E-state index is -0.710. The highest BCUT2D eigenvalue weighted by Gasteiger charge is 2.38. The molecule has 0 radical (unpaired) electrons. The second-order valence-electron chi connectivity index (χ2n) is 15.6. The first-order valence-electron chi connectivity index (χ1n) is 19.3. The fourth-order valence-corrected chi connectivity index (χ4v) is 8.09.